The summed E-state index contributed by atoms with van der Waals surface area (Å²) in [5.74, 6) is 0.813. The summed E-state index contributed by atoms with van der Waals surface area (Å²) in [4.78, 5) is 16.4. The lowest BCUT2D eigenvalue weighted by atomic mass is 9.99. The van der Waals surface area contributed by atoms with E-state index >= 15 is 0 Å². The Balaban J connectivity index is 1.65. The van der Waals surface area contributed by atoms with Crippen LogP contribution in [-0.2, 0) is 4.79 Å². The normalized spacial score (nSPS) is 19.3. The van der Waals surface area contributed by atoms with Gasteiger partial charge in [0.2, 0.25) is 5.91 Å². The molecule has 19 heavy (non-hydrogen) atoms. The fraction of sp³-hybridized carbons (Fsp3) is 0.385. The fourth-order valence-corrected chi connectivity index (χ4v) is 2.85. The van der Waals surface area contributed by atoms with E-state index in [1.807, 2.05) is 17.5 Å². The van der Waals surface area contributed by atoms with Gasteiger partial charge in [-0.15, -0.1) is 11.3 Å². The molecule has 100 valence electrons. The molecule has 1 aliphatic rings. The second-order valence-electron chi connectivity index (χ2n) is 4.55. The van der Waals surface area contributed by atoms with Gasteiger partial charge in [-0.3, -0.25) is 4.79 Å². The molecular weight excluding hydrogens is 262 g/mol. The van der Waals surface area contributed by atoms with Gasteiger partial charge in [-0.05, 0) is 31.5 Å². The first-order valence-corrected chi connectivity index (χ1v) is 7.22. The number of aromatic nitrogens is 1. The van der Waals surface area contributed by atoms with Crippen LogP contribution in [0.3, 0.4) is 0 Å². The van der Waals surface area contributed by atoms with Gasteiger partial charge in [0.1, 0.15) is 5.69 Å². The Morgan fingerprint density at radius 1 is 1.58 bits per heavy atom. The van der Waals surface area contributed by atoms with E-state index in [1.165, 1.54) is 11.3 Å². The number of rotatable bonds is 3. The molecule has 2 aromatic rings. The zero-order chi connectivity index (χ0) is 13.1. The maximum Gasteiger partial charge on any atom is 0.230 e. The van der Waals surface area contributed by atoms with Crippen LogP contribution >= 0.6 is 11.3 Å². The topological polar surface area (TPSA) is 67.2 Å². The van der Waals surface area contributed by atoms with E-state index in [9.17, 15) is 4.79 Å². The third-order valence-electron chi connectivity index (χ3n) is 3.18. The second kappa shape index (κ2) is 5.54. The first kappa shape index (κ1) is 12.4. The number of amides is 1. The minimum atomic E-state index is 0.0460. The SMILES string of the molecule is O=C(Nc1nc(-c2ccco2)cs1)C1CCCNC1. The van der Waals surface area contributed by atoms with E-state index < -0.39 is 0 Å². The number of hydrogen-bond acceptors (Lipinski definition) is 5. The number of piperidine rings is 1. The molecule has 2 N–H and O–H groups in total. The van der Waals surface area contributed by atoms with Gasteiger partial charge in [-0.1, -0.05) is 0 Å². The molecule has 1 atom stereocenters. The van der Waals surface area contributed by atoms with Gasteiger partial charge >= 0.3 is 0 Å². The molecule has 0 spiro atoms. The Bertz CT molecular complexity index is 544. The van der Waals surface area contributed by atoms with Gasteiger partial charge in [0.05, 0.1) is 12.2 Å². The molecule has 1 amide bonds. The monoisotopic (exact) mass is 277 g/mol. The standard InChI is InChI=1S/C13H15N3O2S/c17-12(9-3-1-5-14-7-9)16-13-15-10(8-19-13)11-4-2-6-18-11/h2,4,6,8-9,14H,1,3,5,7H2,(H,15,16,17). The van der Waals surface area contributed by atoms with Crippen molar-refractivity contribution in [3.63, 3.8) is 0 Å². The Hall–Kier alpha value is -1.66. The van der Waals surface area contributed by atoms with Crippen molar-refractivity contribution in [1.82, 2.24) is 10.3 Å². The molecule has 0 aromatic carbocycles. The van der Waals surface area contributed by atoms with Crippen LogP contribution in [-0.4, -0.2) is 24.0 Å². The molecule has 3 heterocycles. The lowest BCUT2D eigenvalue weighted by Gasteiger charge is -2.21. The van der Waals surface area contributed by atoms with E-state index in [0.29, 0.717) is 5.13 Å². The largest absolute Gasteiger partial charge is 0.463 e. The number of hydrogen-bond donors (Lipinski definition) is 2. The van der Waals surface area contributed by atoms with Crippen LogP contribution < -0.4 is 10.6 Å². The number of anilines is 1. The molecule has 0 bridgehead atoms. The van der Waals surface area contributed by atoms with Crippen molar-refractivity contribution in [2.45, 2.75) is 12.8 Å². The van der Waals surface area contributed by atoms with Crippen molar-refractivity contribution in [2.75, 3.05) is 18.4 Å². The number of thiazole rings is 1. The molecule has 5 nitrogen and oxygen atoms in total. The maximum absolute atomic E-state index is 12.1. The average molecular weight is 277 g/mol. The number of furan rings is 1. The number of nitrogens with one attached hydrogen (secondary N) is 2. The predicted molar refractivity (Wildman–Crippen MR) is 74.0 cm³/mol. The quantitative estimate of drug-likeness (QED) is 0.903. The highest BCUT2D eigenvalue weighted by molar-refractivity contribution is 7.14. The number of nitrogens with zero attached hydrogens (tertiary/aromatic N) is 1. The molecule has 0 radical (unpaired) electrons. The Morgan fingerprint density at radius 2 is 2.53 bits per heavy atom. The summed E-state index contributed by atoms with van der Waals surface area (Å²) in [6, 6.07) is 3.67. The predicted octanol–water partition coefficient (Wildman–Crippen LogP) is 2.34. The molecular formula is C13H15N3O2S. The summed E-state index contributed by atoms with van der Waals surface area (Å²) in [7, 11) is 0. The van der Waals surface area contributed by atoms with Crippen molar-refractivity contribution < 1.29 is 9.21 Å². The van der Waals surface area contributed by atoms with Crippen LogP contribution in [0.2, 0.25) is 0 Å². The fourth-order valence-electron chi connectivity index (χ4n) is 2.15. The van der Waals surface area contributed by atoms with Crippen molar-refractivity contribution in [3.05, 3.63) is 23.8 Å². The third-order valence-corrected chi connectivity index (χ3v) is 3.93. The van der Waals surface area contributed by atoms with E-state index in [2.05, 4.69) is 15.6 Å². The summed E-state index contributed by atoms with van der Waals surface area (Å²) in [6.45, 7) is 1.76. The van der Waals surface area contributed by atoms with Gasteiger partial charge in [0.15, 0.2) is 10.9 Å². The molecule has 0 saturated carbocycles. The van der Waals surface area contributed by atoms with Crippen LogP contribution in [0, 0.1) is 5.92 Å². The Morgan fingerprint density at radius 3 is 3.26 bits per heavy atom. The maximum atomic E-state index is 12.1. The van der Waals surface area contributed by atoms with Crippen molar-refractivity contribution >= 4 is 22.4 Å². The molecule has 3 rings (SSSR count). The zero-order valence-corrected chi connectivity index (χ0v) is 11.2. The molecule has 1 unspecified atom stereocenters. The van der Waals surface area contributed by atoms with E-state index in [-0.39, 0.29) is 11.8 Å². The summed E-state index contributed by atoms with van der Waals surface area (Å²) < 4.78 is 5.28. The summed E-state index contributed by atoms with van der Waals surface area (Å²) in [5, 5.41) is 8.63. The van der Waals surface area contributed by atoms with E-state index in [0.717, 1.165) is 37.4 Å². The van der Waals surface area contributed by atoms with E-state index in [4.69, 9.17) is 4.42 Å². The van der Waals surface area contributed by atoms with Crippen molar-refractivity contribution in [2.24, 2.45) is 5.92 Å². The first-order valence-electron chi connectivity index (χ1n) is 6.34. The summed E-state index contributed by atoms with van der Waals surface area (Å²) in [6.07, 6.45) is 3.60. The van der Waals surface area contributed by atoms with Crippen molar-refractivity contribution in [3.8, 4) is 11.5 Å². The third kappa shape index (κ3) is 2.85. The minimum Gasteiger partial charge on any atom is -0.463 e. The van der Waals surface area contributed by atoms with Gasteiger partial charge in [-0.2, -0.15) is 0 Å². The molecule has 2 aromatic heterocycles. The highest BCUT2D eigenvalue weighted by Gasteiger charge is 2.21. The van der Waals surface area contributed by atoms with Crippen LogP contribution in [0.25, 0.3) is 11.5 Å². The highest BCUT2D eigenvalue weighted by atomic mass is 32.1. The lowest BCUT2D eigenvalue weighted by molar-refractivity contribution is -0.120. The van der Waals surface area contributed by atoms with Crippen molar-refractivity contribution in [1.29, 1.82) is 0 Å². The van der Waals surface area contributed by atoms with Gasteiger partial charge < -0.3 is 15.1 Å². The molecule has 6 heteroatoms. The lowest BCUT2D eigenvalue weighted by Crippen LogP contribution is -2.37. The van der Waals surface area contributed by atoms with E-state index in [1.54, 1.807) is 6.26 Å². The molecule has 1 saturated heterocycles. The second-order valence-corrected chi connectivity index (χ2v) is 5.41. The average Bonchev–Trinajstić information content (AvgIpc) is 3.10. The smallest absolute Gasteiger partial charge is 0.230 e. The zero-order valence-electron chi connectivity index (χ0n) is 10.4. The van der Waals surface area contributed by atoms with Gasteiger partial charge in [0, 0.05) is 11.9 Å². The molecule has 1 aliphatic heterocycles. The summed E-state index contributed by atoms with van der Waals surface area (Å²) >= 11 is 1.42. The van der Waals surface area contributed by atoms with Crippen LogP contribution in [0.4, 0.5) is 5.13 Å². The Kier molecular flexibility index (Phi) is 3.61. The number of carbonyl (C=O) groups is 1. The molecule has 1 fully saturated rings. The Labute approximate surface area is 115 Å². The molecule has 0 aliphatic carbocycles. The van der Waals surface area contributed by atoms with Gasteiger partial charge in [0.25, 0.3) is 0 Å². The highest BCUT2D eigenvalue weighted by Crippen LogP contribution is 2.25. The van der Waals surface area contributed by atoms with Crippen LogP contribution in [0.5, 0.6) is 0 Å². The summed E-state index contributed by atoms with van der Waals surface area (Å²) in [5.41, 5.74) is 0.757. The van der Waals surface area contributed by atoms with Crippen LogP contribution in [0.1, 0.15) is 12.8 Å². The number of carbonyl (C=O) groups excluding carboxylic acids is 1. The van der Waals surface area contributed by atoms with Crippen LogP contribution in [0.15, 0.2) is 28.2 Å². The van der Waals surface area contributed by atoms with Gasteiger partial charge in [-0.25, -0.2) is 4.98 Å². The first-order chi connectivity index (χ1) is 9.33. The minimum absolute atomic E-state index is 0.0460.